The van der Waals surface area contributed by atoms with Crippen LogP contribution in [-0.2, 0) is 0 Å². The second-order valence-electron chi connectivity index (χ2n) is 5.34. The second kappa shape index (κ2) is 7.00. The first-order valence-electron chi connectivity index (χ1n) is 7.61. The summed E-state index contributed by atoms with van der Waals surface area (Å²) in [4.78, 5) is 8.70. The Bertz CT molecular complexity index is 878. The van der Waals surface area contributed by atoms with Gasteiger partial charge in [-0.1, -0.05) is 24.8 Å². The molecule has 0 radical (unpaired) electrons. The van der Waals surface area contributed by atoms with Crippen LogP contribution < -0.4 is 14.8 Å². The zero-order valence-electron chi connectivity index (χ0n) is 13.7. The summed E-state index contributed by atoms with van der Waals surface area (Å²) >= 11 is 0. The molecule has 0 unspecified atom stereocenters. The van der Waals surface area contributed by atoms with Crippen LogP contribution in [0.2, 0.25) is 0 Å². The number of methoxy groups -OCH3 is 1. The Balaban J connectivity index is 2.04. The molecule has 24 heavy (non-hydrogen) atoms. The molecule has 0 aliphatic carbocycles. The zero-order chi connectivity index (χ0) is 16.9. The van der Waals surface area contributed by atoms with Crippen LogP contribution in [0.5, 0.6) is 11.5 Å². The lowest BCUT2D eigenvalue weighted by molar-refractivity contribution is 0.327. The topological polar surface area (TPSA) is 56.3 Å². The smallest absolute Gasteiger partial charge is 0.163 e. The SMILES string of the molecule is C=CCOc1cc2ncnc(Nc3cccc(C)c3)c2cc1OC. The maximum absolute atomic E-state index is 5.64. The number of nitrogens with one attached hydrogen (secondary N) is 1. The van der Waals surface area contributed by atoms with E-state index in [1.54, 1.807) is 13.2 Å². The van der Waals surface area contributed by atoms with Crippen molar-refractivity contribution in [3.05, 3.63) is 60.9 Å². The predicted molar refractivity (Wildman–Crippen MR) is 96.2 cm³/mol. The first-order chi connectivity index (χ1) is 11.7. The Hall–Kier alpha value is -3.08. The average molecular weight is 321 g/mol. The molecular formula is C19H19N3O2. The Morgan fingerprint density at radius 2 is 2.04 bits per heavy atom. The molecule has 0 bridgehead atoms. The maximum Gasteiger partial charge on any atom is 0.163 e. The molecule has 3 rings (SSSR count). The zero-order valence-corrected chi connectivity index (χ0v) is 13.7. The maximum atomic E-state index is 5.64. The molecule has 0 atom stereocenters. The highest BCUT2D eigenvalue weighted by Crippen LogP contribution is 2.34. The third kappa shape index (κ3) is 3.30. The number of aryl methyl sites for hydroxylation is 1. The van der Waals surface area contributed by atoms with Gasteiger partial charge in [0.05, 0.1) is 12.6 Å². The van der Waals surface area contributed by atoms with Crippen LogP contribution in [0.4, 0.5) is 11.5 Å². The number of nitrogens with zero attached hydrogens (tertiary/aromatic N) is 2. The minimum Gasteiger partial charge on any atom is -0.493 e. The number of hydrogen-bond donors (Lipinski definition) is 1. The molecule has 5 heteroatoms. The Kier molecular flexibility index (Phi) is 4.61. The van der Waals surface area contributed by atoms with Gasteiger partial charge in [0, 0.05) is 17.1 Å². The van der Waals surface area contributed by atoms with Gasteiger partial charge in [-0.25, -0.2) is 9.97 Å². The lowest BCUT2D eigenvalue weighted by atomic mass is 10.2. The number of anilines is 2. The van der Waals surface area contributed by atoms with E-state index in [4.69, 9.17) is 9.47 Å². The summed E-state index contributed by atoms with van der Waals surface area (Å²) in [6, 6.07) is 11.8. The van der Waals surface area contributed by atoms with Crippen molar-refractivity contribution in [2.24, 2.45) is 0 Å². The lowest BCUT2D eigenvalue weighted by Gasteiger charge is -2.13. The van der Waals surface area contributed by atoms with Crippen molar-refractivity contribution < 1.29 is 9.47 Å². The van der Waals surface area contributed by atoms with Gasteiger partial charge in [0.25, 0.3) is 0 Å². The number of benzene rings is 2. The third-order valence-corrected chi connectivity index (χ3v) is 3.56. The van der Waals surface area contributed by atoms with Crippen LogP contribution in [-0.4, -0.2) is 23.7 Å². The number of rotatable bonds is 6. The molecule has 0 aliphatic rings. The highest BCUT2D eigenvalue weighted by atomic mass is 16.5. The summed E-state index contributed by atoms with van der Waals surface area (Å²) in [5.41, 5.74) is 2.93. The third-order valence-electron chi connectivity index (χ3n) is 3.56. The molecule has 1 aromatic heterocycles. The fourth-order valence-corrected chi connectivity index (χ4v) is 2.44. The van der Waals surface area contributed by atoms with Crippen molar-refractivity contribution in [2.45, 2.75) is 6.92 Å². The average Bonchev–Trinajstić information content (AvgIpc) is 2.59. The van der Waals surface area contributed by atoms with Gasteiger partial charge in [0.15, 0.2) is 11.5 Å². The summed E-state index contributed by atoms with van der Waals surface area (Å²) in [7, 11) is 1.61. The van der Waals surface area contributed by atoms with E-state index in [9.17, 15) is 0 Å². The number of fused-ring (bicyclic) bond motifs is 1. The molecule has 1 N–H and O–H groups in total. The molecule has 2 aromatic carbocycles. The summed E-state index contributed by atoms with van der Waals surface area (Å²) in [6.45, 7) is 6.12. The van der Waals surface area contributed by atoms with E-state index >= 15 is 0 Å². The van der Waals surface area contributed by atoms with Crippen molar-refractivity contribution in [1.82, 2.24) is 9.97 Å². The van der Waals surface area contributed by atoms with E-state index in [0.717, 1.165) is 22.4 Å². The molecule has 0 aliphatic heterocycles. The van der Waals surface area contributed by atoms with Crippen LogP contribution in [0.15, 0.2) is 55.4 Å². The van der Waals surface area contributed by atoms with Crippen molar-refractivity contribution in [3.63, 3.8) is 0 Å². The largest absolute Gasteiger partial charge is 0.493 e. The second-order valence-corrected chi connectivity index (χ2v) is 5.34. The van der Waals surface area contributed by atoms with E-state index in [0.29, 0.717) is 18.1 Å². The molecular weight excluding hydrogens is 302 g/mol. The Morgan fingerprint density at radius 1 is 1.17 bits per heavy atom. The van der Waals surface area contributed by atoms with Crippen molar-refractivity contribution >= 4 is 22.4 Å². The van der Waals surface area contributed by atoms with Gasteiger partial charge in [-0.05, 0) is 30.7 Å². The van der Waals surface area contributed by atoms with Gasteiger partial charge in [-0.2, -0.15) is 0 Å². The minimum absolute atomic E-state index is 0.404. The lowest BCUT2D eigenvalue weighted by Crippen LogP contribution is -1.99. The van der Waals surface area contributed by atoms with E-state index in [-0.39, 0.29) is 0 Å². The molecule has 0 saturated heterocycles. The molecule has 0 amide bonds. The van der Waals surface area contributed by atoms with Gasteiger partial charge in [0.2, 0.25) is 0 Å². The molecule has 0 spiro atoms. The molecule has 0 saturated carbocycles. The van der Waals surface area contributed by atoms with Gasteiger partial charge in [-0.3, -0.25) is 0 Å². The monoisotopic (exact) mass is 321 g/mol. The van der Waals surface area contributed by atoms with Gasteiger partial charge in [0.1, 0.15) is 18.8 Å². The highest BCUT2D eigenvalue weighted by Gasteiger charge is 2.11. The van der Waals surface area contributed by atoms with Crippen LogP contribution in [0, 0.1) is 6.92 Å². The first-order valence-corrected chi connectivity index (χ1v) is 7.61. The molecule has 1 heterocycles. The van der Waals surface area contributed by atoms with E-state index < -0.39 is 0 Å². The number of hydrogen-bond acceptors (Lipinski definition) is 5. The predicted octanol–water partition coefficient (Wildman–Crippen LogP) is 4.26. The van der Waals surface area contributed by atoms with E-state index in [2.05, 4.69) is 40.9 Å². The van der Waals surface area contributed by atoms with Crippen LogP contribution in [0.25, 0.3) is 10.9 Å². The standard InChI is InChI=1S/C19H19N3O2/c1-4-8-24-18-11-16-15(10-17(18)23-3)19(21-12-20-16)22-14-7-5-6-13(2)9-14/h4-7,9-12H,1,8H2,2-3H3,(H,20,21,22). The Labute approximate surface area is 141 Å². The van der Waals surface area contributed by atoms with Crippen molar-refractivity contribution in [3.8, 4) is 11.5 Å². The van der Waals surface area contributed by atoms with Gasteiger partial charge >= 0.3 is 0 Å². The van der Waals surface area contributed by atoms with Crippen molar-refractivity contribution in [1.29, 1.82) is 0 Å². The molecule has 122 valence electrons. The summed E-state index contributed by atoms with van der Waals surface area (Å²) < 4.78 is 11.1. The molecule has 5 nitrogen and oxygen atoms in total. The number of aromatic nitrogens is 2. The number of ether oxygens (including phenoxy) is 2. The fourth-order valence-electron chi connectivity index (χ4n) is 2.44. The van der Waals surface area contributed by atoms with Gasteiger partial charge < -0.3 is 14.8 Å². The molecule has 0 fully saturated rings. The Morgan fingerprint density at radius 3 is 2.79 bits per heavy atom. The summed E-state index contributed by atoms with van der Waals surface area (Å²) in [6.07, 6.45) is 3.22. The van der Waals surface area contributed by atoms with Gasteiger partial charge in [-0.15, -0.1) is 0 Å². The summed E-state index contributed by atoms with van der Waals surface area (Å²) in [5, 5.41) is 4.20. The first kappa shape index (κ1) is 15.8. The minimum atomic E-state index is 0.404. The van der Waals surface area contributed by atoms with Crippen LogP contribution in [0.1, 0.15) is 5.56 Å². The van der Waals surface area contributed by atoms with Crippen molar-refractivity contribution in [2.75, 3.05) is 19.0 Å². The summed E-state index contributed by atoms with van der Waals surface area (Å²) in [5.74, 6) is 1.98. The van der Waals surface area contributed by atoms with Crippen LogP contribution >= 0.6 is 0 Å². The van der Waals surface area contributed by atoms with Crippen LogP contribution in [0.3, 0.4) is 0 Å². The quantitative estimate of drug-likeness (QED) is 0.688. The molecule has 3 aromatic rings. The normalized spacial score (nSPS) is 10.4. The van der Waals surface area contributed by atoms with E-state index in [1.165, 1.54) is 11.9 Å². The fraction of sp³-hybridized carbons (Fsp3) is 0.158. The highest BCUT2D eigenvalue weighted by molar-refractivity contribution is 5.93. The van der Waals surface area contributed by atoms with E-state index in [1.807, 2.05) is 24.3 Å².